The third kappa shape index (κ3) is 4.50. The molecular formula is C15H19NO4. The van der Waals surface area contributed by atoms with Crippen LogP contribution in [0.1, 0.15) is 43.6 Å². The topological polar surface area (TPSA) is 69.4 Å². The molecule has 0 radical (unpaired) electrons. The number of nitrogens with zero attached hydrogens (tertiary/aromatic N) is 1. The summed E-state index contributed by atoms with van der Waals surface area (Å²) in [6.45, 7) is 7.93. The van der Waals surface area contributed by atoms with E-state index in [9.17, 15) is 14.9 Å². The first kappa shape index (κ1) is 15.9. The highest BCUT2D eigenvalue weighted by molar-refractivity contribution is 5.90. The summed E-state index contributed by atoms with van der Waals surface area (Å²) < 4.78 is 4.84. The molecular weight excluding hydrogens is 258 g/mol. The fraction of sp³-hybridized carbons (Fsp3) is 0.400. The Balaban J connectivity index is 3.18. The van der Waals surface area contributed by atoms with Gasteiger partial charge < -0.3 is 4.74 Å². The third-order valence-electron chi connectivity index (χ3n) is 2.50. The van der Waals surface area contributed by atoms with Gasteiger partial charge >= 0.3 is 5.97 Å². The van der Waals surface area contributed by atoms with Crippen molar-refractivity contribution in [1.82, 2.24) is 0 Å². The molecule has 20 heavy (non-hydrogen) atoms. The van der Waals surface area contributed by atoms with Crippen LogP contribution < -0.4 is 0 Å². The summed E-state index contributed by atoms with van der Waals surface area (Å²) >= 11 is 0. The van der Waals surface area contributed by atoms with Crippen LogP contribution in [-0.2, 0) is 4.74 Å². The van der Waals surface area contributed by atoms with E-state index in [1.54, 1.807) is 19.1 Å². The van der Waals surface area contributed by atoms with E-state index in [0.29, 0.717) is 5.56 Å². The molecule has 1 rings (SSSR count). The molecule has 0 aliphatic heterocycles. The van der Waals surface area contributed by atoms with Crippen LogP contribution in [0.3, 0.4) is 0 Å². The molecule has 0 N–H and O–H groups in total. The van der Waals surface area contributed by atoms with Crippen molar-refractivity contribution in [3.63, 3.8) is 0 Å². The molecule has 108 valence electrons. The lowest BCUT2D eigenvalue weighted by molar-refractivity contribution is -0.385. The summed E-state index contributed by atoms with van der Waals surface area (Å²) in [5.41, 5.74) is 0.480. The van der Waals surface area contributed by atoms with Crippen LogP contribution in [0.2, 0.25) is 0 Å². The van der Waals surface area contributed by atoms with Crippen molar-refractivity contribution in [2.24, 2.45) is 5.41 Å². The van der Waals surface area contributed by atoms with E-state index in [4.69, 9.17) is 4.74 Å². The summed E-state index contributed by atoms with van der Waals surface area (Å²) in [6, 6.07) is 4.35. The minimum absolute atomic E-state index is 0.0757. The van der Waals surface area contributed by atoms with Gasteiger partial charge in [-0.2, -0.15) is 0 Å². The predicted molar refractivity (Wildman–Crippen MR) is 77.5 cm³/mol. The zero-order valence-electron chi connectivity index (χ0n) is 12.2. The molecule has 5 nitrogen and oxygen atoms in total. The Kier molecular flexibility index (Phi) is 5.02. The Bertz CT molecular complexity index is 541. The lowest BCUT2D eigenvalue weighted by Crippen LogP contribution is -2.06. The number of carbonyl (C=O) groups is 1. The quantitative estimate of drug-likeness (QED) is 0.476. The number of rotatable bonds is 4. The average Bonchev–Trinajstić information content (AvgIpc) is 2.35. The van der Waals surface area contributed by atoms with Crippen molar-refractivity contribution in [2.75, 3.05) is 6.61 Å². The van der Waals surface area contributed by atoms with E-state index in [0.717, 1.165) is 0 Å². The molecule has 0 aromatic heterocycles. The molecule has 0 aliphatic carbocycles. The van der Waals surface area contributed by atoms with E-state index >= 15 is 0 Å². The summed E-state index contributed by atoms with van der Waals surface area (Å²) in [5, 5.41) is 11.1. The minimum Gasteiger partial charge on any atom is -0.462 e. The maximum Gasteiger partial charge on any atom is 0.338 e. The molecule has 0 unspecified atom stereocenters. The zero-order chi connectivity index (χ0) is 15.3. The Morgan fingerprint density at radius 1 is 1.40 bits per heavy atom. The van der Waals surface area contributed by atoms with Crippen molar-refractivity contribution < 1.29 is 14.5 Å². The van der Waals surface area contributed by atoms with Crippen molar-refractivity contribution in [2.45, 2.75) is 27.7 Å². The van der Waals surface area contributed by atoms with Crippen LogP contribution in [0.5, 0.6) is 0 Å². The average molecular weight is 277 g/mol. The Morgan fingerprint density at radius 3 is 2.55 bits per heavy atom. The standard InChI is InChI=1S/C15H19NO4/c1-5-20-14(17)12-7-6-11(8-9-15(2,3)4)13(10-12)16(18)19/h6-10H,5H2,1-4H3. The first-order valence-corrected chi connectivity index (χ1v) is 6.39. The van der Waals surface area contributed by atoms with Gasteiger partial charge in [0, 0.05) is 6.07 Å². The molecule has 0 amide bonds. The van der Waals surface area contributed by atoms with E-state index < -0.39 is 10.9 Å². The van der Waals surface area contributed by atoms with Crippen LogP contribution in [0, 0.1) is 15.5 Å². The zero-order valence-corrected chi connectivity index (χ0v) is 12.2. The molecule has 0 saturated heterocycles. The lowest BCUT2D eigenvalue weighted by Gasteiger charge is -2.11. The number of nitro benzene ring substituents is 1. The van der Waals surface area contributed by atoms with E-state index in [-0.39, 0.29) is 23.3 Å². The summed E-state index contributed by atoms with van der Waals surface area (Å²) in [6.07, 6.45) is 3.59. The number of hydrogen-bond acceptors (Lipinski definition) is 4. The smallest absolute Gasteiger partial charge is 0.338 e. The van der Waals surface area contributed by atoms with Crippen LogP contribution in [0.4, 0.5) is 5.69 Å². The van der Waals surface area contributed by atoms with Crippen molar-refractivity contribution in [3.8, 4) is 0 Å². The van der Waals surface area contributed by atoms with Crippen LogP contribution in [0.15, 0.2) is 24.3 Å². The van der Waals surface area contributed by atoms with Crippen molar-refractivity contribution in [1.29, 1.82) is 0 Å². The highest BCUT2D eigenvalue weighted by atomic mass is 16.6. The SMILES string of the molecule is CCOC(=O)c1ccc(C=CC(C)(C)C)c([N+](=O)[O-])c1. The highest BCUT2D eigenvalue weighted by Gasteiger charge is 2.17. The summed E-state index contributed by atoms with van der Waals surface area (Å²) in [5.74, 6) is -0.554. The number of ether oxygens (including phenoxy) is 1. The Labute approximate surface area is 118 Å². The largest absolute Gasteiger partial charge is 0.462 e. The Morgan fingerprint density at radius 2 is 2.05 bits per heavy atom. The second-order valence-corrected chi connectivity index (χ2v) is 5.45. The summed E-state index contributed by atoms with van der Waals surface area (Å²) in [7, 11) is 0. The lowest BCUT2D eigenvalue weighted by atomic mass is 9.95. The molecule has 0 atom stereocenters. The van der Waals surface area contributed by atoms with Crippen LogP contribution >= 0.6 is 0 Å². The molecule has 1 aromatic rings. The van der Waals surface area contributed by atoms with Gasteiger partial charge in [-0.3, -0.25) is 10.1 Å². The third-order valence-corrected chi connectivity index (χ3v) is 2.50. The molecule has 0 spiro atoms. The monoisotopic (exact) mass is 277 g/mol. The van der Waals surface area contributed by atoms with Gasteiger partial charge in [-0.1, -0.05) is 32.9 Å². The highest BCUT2D eigenvalue weighted by Crippen LogP contribution is 2.25. The van der Waals surface area contributed by atoms with Gasteiger partial charge in [0.25, 0.3) is 5.69 Å². The second-order valence-electron chi connectivity index (χ2n) is 5.45. The number of carbonyl (C=O) groups excluding carboxylic acids is 1. The summed E-state index contributed by atoms with van der Waals surface area (Å²) in [4.78, 5) is 22.2. The van der Waals surface area contributed by atoms with Crippen molar-refractivity contribution >= 4 is 17.7 Å². The van der Waals surface area contributed by atoms with Gasteiger partial charge in [0.1, 0.15) is 0 Å². The maximum atomic E-state index is 11.6. The fourth-order valence-electron chi connectivity index (χ4n) is 1.52. The van der Waals surface area contributed by atoms with Gasteiger partial charge in [-0.05, 0) is 24.5 Å². The maximum absolute atomic E-state index is 11.6. The molecule has 0 fully saturated rings. The minimum atomic E-state index is -0.554. The molecule has 0 bridgehead atoms. The normalized spacial score (nSPS) is 11.6. The molecule has 0 heterocycles. The number of allylic oxidation sites excluding steroid dienone is 1. The van der Waals surface area contributed by atoms with Gasteiger partial charge in [-0.25, -0.2) is 4.79 Å². The molecule has 0 saturated carbocycles. The Hall–Kier alpha value is -2.17. The number of benzene rings is 1. The van der Waals surface area contributed by atoms with E-state index in [1.165, 1.54) is 12.1 Å². The van der Waals surface area contributed by atoms with Crippen molar-refractivity contribution in [3.05, 3.63) is 45.5 Å². The first-order valence-electron chi connectivity index (χ1n) is 6.39. The van der Waals surface area contributed by atoms with E-state index in [2.05, 4.69) is 0 Å². The van der Waals surface area contributed by atoms with Gasteiger partial charge in [0.15, 0.2) is 0 Å². The number of esters is 1. The second kappa shape index (κ2) is 6.32. The van der Waals surface area contributed by atoms with E-state index in [1.807, 2.05) is 26.8 Å². The predicted octanol–water partition coefficient (Wildman–Crippen LogP) is 3.83. The molecule has 5 heteroatoms. The first-order chi connectivity index (χ1) is 9.24. The van der Waals surface area contributed by atoms with Gasteiger partial charge in [0.05, 0.1) is 22.7 Å². The number of nitro groups is 1. The number of hydrogen-bond donors (Lipinski definition) is 0. The molecule has 0 aliphatic rings. The van der Waals surface area contributed by atoms with Gasteiger partial charge in [0.2, 0.25) is 0 Å². The van der Waals surface area contributed by atoms with Crippen LogP contribution in [-0.4, -0.2) is 17.5 Å². The molecule has 1 aromatic carbocycles. The fourth-order valence-corrected chi connectivity index (χ4v) is 1.52. The van der Waals surface area contributed by atoms with Crippen LogP contribution in [0.25, 0.3) is 6.08 Å². The van der Waals surface area contributed by atoms with Gasteiger partial charge in [-0.15, -0.1) is 0 Å².